The number of nitrogens with zero attached hydrogens (tertiary/aromatic N) is 2. The Balaban J connectivity index is 0.000000288. The van der Waals surface area contributed by atoms with Crippen molar-refractivity contribution in [2.75, 3.05) is 33.5 Å². The molecule has 0 saturated carbocycles. The standard InChI is InChI=1S/C24H19ClF2N6O2.C10H12N2O/c1-2-8-28-23(35)16-9-14(26)10-18(27)21(16)32-22-17(25)12-29-24(33-22)30-15-7-6-13-4-3-5-20(34)31-19(13)11-15;11-8-5-4-7-2-1-3-10(13)12-9(7)6-8/h1,6-7,9-12H,3-5,8H2,(H,28,35)(H,31,34)(H2,29,30,32,33);4-6H,1-3,11H2,(H,12,13). The van der Waals surface area contributed by atoms with Crippen LogP contribution in [0.25, 0.3) is 0 Å². The third-order valence-electron chi connectivity index (χ3n) is 7.39. The summed E-state index contributed by atoms with van der Waals surface area (Å²) in [5.41, 5.74) is 10.0. The highest BCUT2D eigenvalue weighted by atomic mass is 35.5. The smallest absolute Gasteiger partial charge is 0.254 e. The number of terminal acetylenes is 1. The van der Waals surface area contributed by atoms with Crippen molar-refractivity contribution in [3.8, 4) is 12.3 Å². The second-order valence-corrected chi connectivity index (χ2v) is 11.3. The summed E-state index contributed by atoms with van der Waals surface area (Å²) in [6.07, 6.45) is 10.9. The molecule has 2 aliphatic heterocycles. The third-order valence-corrected chi connectivity index (χ3v) is 7.66. The summed E-state index contributed by atoms with van der Waals surface area (Å²) >= 11 is 6.19. The first-order valence-electron chi connectivity index (χ1n) is 15.0. The summed E-state index contributed by atoms with van der Waals surface area (Å²) in [7, 11) is 0. The van der Waals surface area contributed by atoms with E-state index in [9.17, 15) is 23.2 Å². The number of benzene rings is 3. The highest BCUT2D eigenvalue weighted by molar-refractivity contribution is 6.33. The third kappa shape index (κ3) is 8.54. The maximum absolute atomic E-state index is 14.6. The minimum atomic E-state index is -1.03. The Morgan fingerprint density at radius 2 is 1.60 bits per heavy atom. The van der Waals surface area contributed by atoms with Crippen LogP contribution in [0.1, 0.15) is 47.2 Å². The van der Waals surface area contributed by atoms with E-state index >= 15 is 0 Å². The van der Waals surface area contributed by atoms with Gasteiger partial charge in [-0.3, -0.25) is 14.4 Å². The molecule has 0 spiro atoms. The quantitative estimate of drug-likeness (QED) is 0.106. The van der Waals surface area contributed by atoms with Gasteiger partial charge >= 0.3 is 0 Å². The van der Waals surface area contributed by atoms with Gasteiger partial charge in [-0.25, -0.2) is 13.8 Å². The Hall–Kier alpha value is -5.74. The van der Waals surface area contributed by atoms with Gasteiger partial charge in [0.1, 0.15) is 16.7 Å². The van der Waals surface area contributed by atoms with Gasteiger partial charge in [0.05, 0.1) is 24.0 Å². The summed E-state index contributed by atoms with van der Waals surface area (Å²) in [4.78, 5) is 43.9. The molecule has 246 valence electrons. The fraction of sp³-hybridized carbons (Fsp3) is 0.206. The predicted octanol–water partition coefficient (Wildman–Crippen LogP) is 6.08. The fourth-order valence-electron chi connectivity index (χ4n) is 5.09. The lowest BCUT2D eigenvalue weighted by atomic mass is 10.1. The molecule has 14 heteroatoms. The van der Waals surface area contributed by atoms with Crippen LogP contribution >= 0.6 is 11.6 Å². The van der Waals surface area contributed by atoms with E-state index in [2.05, 4.69) is 42.5 Å². The van der Waals surface area contributed by atoms with Gasteiger partial charge in [0.2, 0.25) is 17.8 Å². The molecule has 7 N–H and O–H groups in total. The number of nitrogens with one attached hydrogen (secondary N) is 5. The Labute approximate surface area is 280 Å². The van der Waals surface area contributed by atoms with Crippen LogP contribution in [0.2, 0.25) is 5.02 Å². The number of nitrogens with two attached hydrogens (primary N) is 1. The van der Waals surface area contributed by atoms with Gasteiger partial charge in [0.15, 0.2) is 5.82 Å². The van der Waals surface area contributed by atoms with Crippen LogP contribution in [0.3, 0.4) is 0 Å². The molecule has 0 saturated heterocycles. The molecule has 3 aromatic carbocycles. The van der Waals surface area contributed by atoms with E-state index in [1.807, 2.05) is 30.3 Å². The largest absolute Gasteiger partial charge is 0.399 e. The number of hydrogen-bond acceptors (Lipinski definition) is 8. The molecular formula is C34H31ClF2N8O3. The van der Waals surface area contributed by atoms with Crippen LogP contribution in [0, 0.1) is 24.0 Å². The Kier molecular flexibility index (Phi) is 10.7. The van der Waals surface area contributed by atoms with E-state index in [0.29, 0.717) is 36.0 Å². The lowest BCUT2D eigenvalue weighted by Gasteiger charge is -2.15. The normalized spacial score (nSPS) is 13.5. The molecule has 48 heavy (non-hydrogen) atoms. The zero-order valence-electron chi connectivity index (χ0n) is 25.6. The highest BCUT2D eigenvalue weighted by Gasteiger charge is 2.20. The van der Waals surface area contributed by atoms with Gasteiger partial charge in [0.25, 0.3) is 5.91 Å². The minimum absolute atomic E-state index is 0.0243. The van der Waals surface area contributed by atoms with E-state index < -0.39 is 17.5 Å². The van der Waals surface area contributed by atoms with Crippen molar-refractivity contribution in [1.82, 2.24) is 15.3 Å². The van der Waals surface area contributed by atoms with Gasteiger partial charge in [-0.05, 0) is 67.1 Å². The number of rotatable bonds is 6. The summed E-state index contributed by atoms with van der Waals surface area (Å²) in [5.74, 6) is -0.411. The molecule has 11 nitrogen and oxygen atoms in total. The first kappa shape index (κ1) is 33.6. The number of aryl methyl sites for hydroxylation is 2. The molecule has 0 bridgehead atoms. The number of hydrogen-bond donors (Lipinski definition) is 6. The topological polar surface area (TPSA) is 163 Å². The van der Waals surface area contributed by atoms with Gasteiger partial charge in [0, 0.05) is 41.7 Å². The van der Waals surface area contributed by atoms with Crippen molar-refractivity contribution in [1.29, 1.82) is 0 Å². The van der Waals surface area contributed by atoms with E-state index in [-0.39, 0.29) is 46.4 Å². The zero-order valence-corrected chi connectivity index (χ0v) is 26.3. The number of halogens is 3. The second-order valence-electron chi connectivity index (χ2n) is 10.9. The summed E-state index contributed by atoms with van der Waals surface area (Å²) < 4.78 is 28.4. The Morgan fingerprint density at radius 3 is 2.29 bits per heavy atom. The van der Waals surface area contributed by atoms with Crippen LogP contribution in [-0.2, 0) is 22.4 Å². The predicted molar refractivity (Wildman–Crippen MR) is 182 cm³/mol. The monoisotopic (exact) mass is 672 g/mol. The zero-order chi connectivity index (χ0) is 34.2. The lowest BCUT2D eigenvalue weighted by molar-refractivity contribution is -0.117. The number of anilines is 7. The van der Waals surface area contributed by atoms with Gasteiger partial charge in [-0.15, -0.1) is 6.42 Å². The average molecular weight is 673 g/mol. The molecule has 3 heterocycles. The van der Waals surface area contributed by atoms with Gasteiger partial charge < -0.3 is 32.3 Å². The number of nitrogen functional groups attached to an aromatic ring is 1. The molecule has 0 aliphatic carbocycles. The Morgan fingerprint density at radius 1 is 0.938 bits per heavy atom. The lowest BCUT2D eigenvalue weighted by Crippen LogP contribution is -2.25. The molecule has 2 aliphatic rings. The maximum Gasteiger partial charge on any atom is 0.254 e. The van der Waals surface area contributed by atoms with E-state index in [4.69, 9.17) is 23.8 Å². The van der Waals surface area contributed by atoms with Crippen molar-refractivity contribution in [2.24, 2.45) is 0 Å². The second kappa shape index (κ2) is 15.2. The number of carbonyl (C=O) groups is 3. The van der Waals surface area contributed by atoms with Crippen molar-refractivity contribution >= 4 is 69.5 Å². The number of amides is 3. The van der Waals surface area contributed by atoms with E-state index in [1.165, 1.54) is 11.8 Å². The molecule has 6 rings (SSSR count). The SMILES string of the molecule is C#CCNC(=O)c1cc(F)cc(F)c1Nc1nc(Nc2ccc3c(c2)NC(=O)CCC3)ncc1Cl.Nc1ccc2c(c1)NC(=O)CCC2. The number of fused-ring (bicyclic) bond motifs is 2. The van der Waals surface area contributed by atoms with Crippen LogP contribution in [0.4, 0.5) is 49.0 Å². The summed E-state index contributed by atoms with van der Waals surface area (Å²) in [5, 5.41) is 13.8. The van der Waals surface area contributed by atoms with Crippen molar-refractivity contribution < 1.29 is 23.2 Å². The van der Waals surface area contributed by atoms with Crippen molar-refractivity contribution in [3.05, 3.63) is 88.1 Å². The van der Waals surface area contributed by atoms with Gasteiger partial charge in [-0.1, -0.05) is 29.7 Å². The summed E-state index contributed by atoms with van der Waals surface area (Å²) in [6, 6.07) is 12.6. The molecule has 0 radical (unpaired) electrons. The highest BCUT2D eigenvalue weighted by Crippen LogP contribution is 2.31. The van der Waals surface area contributed by atoms with Crippen LogP contribution in [0.15, 0.2) is 54.7 Å². The molecule has 0 unspecified atom stereocenters. The molecule has 3 amide bonds. The van der Waals surface area contributed by atoms with Crippen LogP contribution in [0.5, 0.6) is 0 Å². The van der Waals surface area contributed by atoms with E-state index in [0.717, 1.165) is 43.0 Å². The average Bonchev–Trinajstić information content (AvgIpc) is 3.35. The van der Waals surface area contributed by atoms with Crippen LogP contribution in [-0.4, -0.2) is 34.2 Å². The fourth-order valence-corrected chi connectivity index (χ4v) is 5.23. The maximum atomic E-state index is 14.6. The van der Waals surface area contributed by atoms with Crippen molar-refractivity contribution in [2.45, 2.75) is 38.5 Å². The van der Waals surface area contributed by atoms with Crippen LogP contribution < -0.4 is 32.3 Å². The first-order valence-corrected chi connectivity index (χ1v) is 15.4. The molecular weight excluding hydrogens is 642 g/mol. The van der Waals surface area contributed by atoms with Crippen molar-refractivity contribution in [3.63, 3.8) is 0 Å². The molecule has 4 aromatic rings. The Bertz CT molecular complexity index is 1930. The summed E-state index contributed by atoms with van der Waals surface area (Å²) in [6.45, 7) is -0.125. The molecule has 0 atom stereocenters. The minimum Gasteiger partial charge on any atom is -0.399 e. The molecule has 1 aromatic heterocycles. The first-order chi connectivity index (χ1) is 23.1. The number of carbonyl (C=O) groups excluding carboxylic acids is 3. The molecule has 0 fully saturated rings. The van der Waals surface area contributed by atoms with Gasteiger partial charge in [-0.2, -0.15) is 4.98 Å². The number of aromatic nitrogens is 2. The van der Waals surface area contributed by atoms with E-state index in [1.54, 1.807) is 6.07 Å².